The lowest BCUT2D eigenvalue weighted by molar-refractivity contribution is -0.137. The molecule has 0 bridgehead atoms. The van der Waals surface area contributed by atoms with Crippen molar-refractivity contribution in [3.63, 3.8) is 0 Å². The molecule has 3 rings (SSSR count). The number of carbonyl (C=O) groups excluding carboxylic acids is 1. The van der Waals surface area contributed by atoms with Gasteiger partial charge < -0.3 is 9.47 Å². The number of nitrogens with zero attached hydrogens (tertiary/aromatic N) is 2. The topological polar surface area (TPSA) is 25.2 Å². The van der Waals surface area contributed by atoms with Gasteiger partial charge in [-0.3, -0.25) is 4.79 Å². The van der Waals surface area contributed by atoms with Crippen LogP contribution in [0.1, 0.15) is 46.9 Å². The van der Waals surface area contributed by atoms with E-state index in [1.165, 1.54) is 12.1 Å². The summed E-state index contributed by atoms with van der Waals surface area (Å²) in [5.41, 5.74) is 1.33. The molecule has 3 nitrogen and oxygen atoms in total. The van der Waals surface area contributed by atoms with E-state index in [0.29, 0.717) is 19.6 Å². The summed E-state index contributed by atoms with van der Waals surface area (Å²) in [5, 5.41) is 0. The zero-order chi connectivity index (χ0) is 21.6. The van der Waals surface area contributed by atoms with Crippen LogP contribution in [0.15, 0.2) is 72.9 Å². The van der Waals surface area contributed by atoms with E-state index in [1.807, 2.05) is 55.6 Å². The van der Waals surface area contributed by atoms with Crippen molar-refractivity contribution in [2.45, 2.75) is 39.0 Å². The Morgan fingerprint density at radius 2 is 1.77 bits per heavy atom. The summed E-state index contributed by atoms with van der Waals surface area (Å²) in [6.45, 7) is 3.52. The lowest BCUT2D eigenvalue weighted by Crippen LogP contribution is -2.32. The first kappa shape index (κ1) is 21.7. The van der Waals surface area contributed by atoms with Gasteiger partial charge in [0, 0.05) is 30.5 Å². The maximum atomic E-state index is 13.1. The van der Waals surface area contributed by atoms with E-state index in [-0.39, 0.29) is 11.5 Å². The van der Waals surface area contributed by atoms with Crippen molar-refractivity contribution >= 4 is 5.91 Å². The Bertz CT molecular complexity index is 964. The number of rotatable bonds is 8. The summed E-state index contributed by atoms with van der Waals surface area (Å²) in [6.07, 6.45) is -0.856. The van der Waals surface area contributed by atoms with Crippen LogP contribution in [0.3, 0.4) is 0 Å². The largest absolute Gasteiger partial charge is 0.416 e. The fourth-order valence-electron chi connectivity index (χ4n) is 3.34. The predicted molar refractivity (Wildman–Crippen MR) is 111 cm³/mol. The average molecular weight is 414 g/mol. The highest BCUT2D eigenvalue weighted by Crippen LogP contribution is 2.30. The zero-order valence-corrected chi connectivity index (χ0v) is 16.9. The summed E-state index contributed by atoms with van der Waals surface area (Å²) < 4.78 is 41.3. The molecule has 158 valence electrons. The molecule has 2 aromatic carbocycles. The Kier molecular flexibility index (Phi) is 6.98. The van der Waals surface area contributed by atoms with Crippen LogP contribution in [0.4, 0.5) is 13.2 Å². The third-order valence-electron chi connectivity index (χ3n) is 4.98. The van der Waals surface area contributed by atoms with Crippen LogP contribution >= 0.6 is 0 Å². The van der Waals surface area contributed by atoms with E-state index >= 15 is 0 Å². The first-order chi connectivity index (χ1) is 14.4. The molecule has 1 aromatic heterocycles. The van der Waals surface area contributed by atoms with Crippen molar-refractivity contribution in [1.29, 1.82) is 0 Å². The number of carbonyl (C=O) groups is 1. The van der Waals surface area contributed by atoms with E-state index in [0.717, 1.165) is 36.2 Å². The second-order valence-electron chi connectivity index (χ2n) is 7.27. The molecular formula is C24H25F3N2O. The number of aromatic nitrogens is 1. The van der Waals surface area contributed by atoms with Crippen molar-refractivity contribution in [3.8, 4) is 0 Å². The predicted octanol–water partition coefficient (Wildman–Crippen LogP) is 6.00. The minimum absolute atomic E-state index is 0.0575. The number of halogens is 3. The number of unbranched alkanes of at least 4 members (excludes halogenated alkanes) is 1. The van der Waals surface area contributed by atoms with Gasteiger partial charge in [-0.15, -0.1) is 0 Å². The molecule has 0 atom stereocenters. The smallest absolute Gasteiger partial charge is 0.345 e. The summed E-state index contributed by atoms with van der Waals surface area (Å²) in [4.78, 5) is 14.7. The molecule has 3 aromatic rings. The molecule has 0 unspecified atom stereocenters. The first-order valence-corrected chi connectivity index (χ1v) is 10.0. The van der Waals surface area contributed by atoms with Crippen molar-refractivity contribution in [2.24, 2.45) is 0 Å². The highest BCUT2D eigenvalue weighted by atomic mass is 19.4. The Balaban J connectivity index is 1.82. The van der Waals surface area contributed by atoms with Crippen molar-refractivity contribution in [2.75, 3.05) is 6.54 Å². The van der Waals surface area contributed by atoms with Crippen LogP contribution in [0.5, 0.6) is 0 Å². The van der Waals surface area contributed by atoms with Gasteiger partial charge in [-0.05, 0) is 42.3 Å². The van der Waals surface area contributed by atoms with Gasteiger partial charge in [0.05, 0.1) is 12.1 Å². The fraction of sp³-hybridized carbons (Fsp3) is 0.292. The Morgan fingerprint density at radius 3 is 2.47 bits per heavy atom. The first-order valence-electron chi connectivity index (χ1n) is 10.0. The number of hydrogen-bond donors (Lipinski definition) is 0. The lowest BCUT2D eigenvalue weighted by atomic mass is 10.1. The van der Waals surface area contributed by atoms with Gasteiger partial charge in [0.2, 0.25) is 0 Å². The molecule has 0 radical (unpaired) electrons. The summed E-state index contributed by atoms with van der Waals surface area (Å²) in [7, 11) is 0. The van der Waals surface area contributed by atoms with Crippen molar-refractivity contribution in [1.82, 2.24) is 9.47 Å². The Morgan fingerprint density at radius 1 is 1.00 bits per heavy atom. The second kappa shape index (κ2) is 9.65. The number of benzene rings is 2. The van der Waals surface area contributed by atoms with E-state index < -0.39 is 11.7 Å². The molecule has 0 saturated carbocycles. The number of alkyl halides is 3. The molecule has 0 saturated heterocycles. The Labute approximate surface area is 174 Å². The molecule has 1 amide bonds. The zero-order valence-electron chi connectivity index (χ0n) is 16.9. The molecule has 6 heteroatoms. The molecule has 1 heterocycles. The van der Waals surface area contributed by atoms with Crippen LogP contribution in [0.25, 0.3) is 0 Å². The van der Waals surface area contributed by atoms with E-state index in [1.54, 1.807) is 4.90 Å². The van der Waals surface area contributed by atoms with Crippen molar-refractivity contribution < 1.29 is 18.0 Å². The standard InChI is InChI=1S/C24H25F3N2O/c1-2-3-14-29(23(30)20-11-7-12-21(16-20)24(25,26)27)18-22-13-8-15-28(22)17-19-9-5-4-6-10-19/h4-13,15-16H,2-3,14,17-18H2,1H3. The van der Waals surface area contributed by atoms with Gasteiger partial charge in [-0.25, -0.2) is 0 Å². The molecule has 0 aliphatic heterocycles. The van der Waals surface area contributed by atoms with Gasteiger partial charge in [-0.1, -0.05) is 49.7 Å². The fourth-order valence-corrected chi connectivity index (χ4v) is 3.34. The maximum Gasteiger partial charge on any atom is 0.416 e. The van der Waals surface area contributed by atoms with Gasteiger partial charge in [0.15, 0.2) is 0 Å². The second-order valence-corrected chi connectivity index (χ2v) is 7.27. The molecule has 0 aliphatic carbocycles. The summed E-state index contributed by atoms with van der Waals surface area (Å²) in [6, 6.07) is 18.5. The van der Waals surface area contributed by atoms with Crippen LogP contribution in [0, 0.1) is 0 Å². The maximum absolute atomic E-state index is 13.1. The SMILES string of the molecule is CCCCN(Cc1cccn1Cc1ccccc1)C(=O)c1cccc(C(F)(F)F)c1. The number of amides is 1. The van der Waals surface area contributed by atoms with Gasteiger partial charge >= 0.3 is 6.18 Å². The van der Waals surface area contributed by atoms with Crippen molar-refractivity contribution in [3.05, 3.63) is 95.3 Å². The highest BCUT2D eigenvalue weighted by molar-refractivity contribution is 5.94. The van der Waals surface area contributed by atoms with Gasteiger partial charge in [0.1, 0.15) is 0 Å². The van der Waals surface area contributed by atoms with Gasteiger partial charge in [0.25, 0.3) is 5.91 Å². The van der Waals surface area contributed by atoms with Crippen LogP contribution in [-0.4, -0.2) is 21.9 Å². The molecule has 0 N–H and O–H groups in total. The third kappa shape index (κ3) is 5.53. The normalized spacial score (nSPS) is 11.5. The molecule has 30 heavy (non-hydrogen) atoms. The molecular weight excluding hydrogens is 389 g/mol. The summed E-state index contributed by atoms with van der Waals surface area (Å²) >= 11 is 0. The minimum atomic E-state index is -4.48. The molecule has 0 fully saturated rings. The van der Waals surface area contributed by atoms with E-state index in [2.05, 4.69) is 4.57 Å². The quantitative estimate of drug-likeness (QED) is 0.444. The Hall–Kier alpha value is -3.02. The van der Waals surface area contributed by atoms with E-state index in [4.69, 9.17) is 0 Å². The monoisotopic (exact) mass is 414 g/mol. The minimum Gasteiger partial charge on any atom is -0.345 e. The van der Waals surface area contributed by atoms with Crippen LogP contribution < -0.4 is 0 Å². The summed E-state index contributed by atoms with van der Waals surface area (Å²) in [5.74, 6) is -0.387. The molecule has 0 spiro atoms. The van der Waals surface area contributed by atoms with Gasteiger partial charge in [-0.2, -0.15) is 13.2 Å². The average Bonchev–Trinajstić information content (AvgIpc) is 3.17. The third-order valence-corrected chi connectivity index (χ3v) is 4.98. The lowest BCUT2D eigenvalue weighted by Gasteiger charge is -2.24. The molecule has 0 aliphatic rings. The highest BCUT2D eigenvalue weighted by Gasteiger charge is 2.31. The number of hydrogen-bond acceptors (Lipinski definition) is 1. The van der Waals surface area contributed by atoms with Crippen LogP contribution in [-0.2, 0) is 19.3 Å². The van der Waals surface area contributed by atoms with Crippen LogP contribution in [0.2, 0.25) is 0 Å². The van der Waals surface area contributed by atoms with E-state index in [9.17, 15) is 18.0 Å².